The van der Waals surface area contributed by atoms with E-state index >= 15 is 0 Å². The molecule has 2 aliphatic rings. The SMILES string of the molecule is CCCC.CCCCCC(O)CC.CCCCCCCCCCC(C)=O.O=C=C1CNC(=O)CNC(=O)CNC(=O)C2CCCCN12. The third-order valence-corrected chi connectivity index (χ3v) is 8.09. The van der Waals surface area contributed by atoms with Crippen molar-refractivity contribution in [1.82, 2.24) is 20.9 Å². The first kappa shape index (κ1) is 46.4. The number of carbonyl (C=O) groups excluding carboxylic acids is 5. The average molecular weight is 667 g/mol. The fourth-order valence-corrected chi connectivity index (χ4v) is 4.84. The summed E-state index contributed by atoms with van der Waals surface area (Å²) >= 11 is 0. The Morgan fingerprint density at radius 1 is 0.766 bits per heavy atom. The number of aliphatic hydroxyl groups is 1. The van der Waals surface area contributed by atoms with Crippen LogP contribution in [-0.4, -0.2) is 77.8 Å². The van der Waals surface area contributed by atoms with Crippen molar-refractivity contribution in [2.24, 2.45) is 0 Å². The molecular formula is C37H70N4O6. The summed E-state index contributed by atoms with van der Waals surface area (Å²) in [5, 5.41) is 16.6. The third-order valence-electron chi connectivity index (χ3n) is 8.09. The van der Waals surface area contributed by atoms with Gasteiger partial charge >= 0.3 is 0 Å². The van der Waals surface area contributed by atoms with Crippen LogP contribution in [0, 0.1) is 0 Å². The van der Waals surface area contributed by atoms with E-state index in [2.05, 4.69) is 43.6 Å². The van der Waals surface area contributed by atoms with Gasteiger partial charge in [0, 0.05) is 13.0 Å². The monoisotopic (exact) mass is 667 g/mol. The van der Waals surface area contributed by atoms with Gasteiger partial charge in [0.2, 0.25) is 17.7 Å². The van der Waals surface area contributed by atoms with E-state index in [0.717, 1.165) is 38.5 Å². The van der Waals surface area contributed by atoms with Crippen molar-refractivity contribution in [2.45, 2.75) is 176 Å². The Labute approximate surface area is 286 Å². The number of hydrogen-bond donors (Lipinski definition) is 4. The number of Topliss-reactive ketones (excluding diaryl/α,β-unsaturated/α-hetero) is 1. The van der Waals surface area contributed by atoms with Gasteiger partial charge in [-0.1, -0.05) is 112 Å². The minimum Gasteiger partial charge on any atom is -0.393 e. The molecule has 2 aliphatic heterocycles. The Morgan fingerprint density at radius 2 is 1.30 bits per heavy atom. The summed E-state index contributed by atoms with van der Waals surface area (Å²) in [6.07, 6.45) is 21.8. The molecule has 0 aliphatic carbocycles. The lowest BCUT2D eigenvalue weighted by Gasteiger charge is -2.36. The molecular weight excluding hydrogens is 596 g/mol. The van der Waals surface area contributed by atoms with Crippen molar-refractivity contribution < 1.29 is 29.1 Å². The lowest BCUT2D eigenvalue weighted by atomic mass is 10.0. The van der Waals surface area contributed by atoms with E-state index in [1.54, 1.807) is 11.8 Å². The van der Waals surface area contributed by atoms with Gasteiger partial charge in [0.15, 0.2) is 0 Å². The maximum atomic E-state index is 12.2. The zero-order valence-electron chi connectivity index (χ0n) is 30.9. The van der Waals surface area contributed by atoms with Gasteiger partial charge < -0.3 is 30.8 Å². The van der Waals surface area contributed by atoms with Crippen molar-refractivity contribution in [3.05, 3.63) is 5.70 Å². The highest BCUT2D eigenvalue weighted by molar-refractivity contribution is 5.90. The number of aliphatic hydroxyl groups excluding tert-OH is 1. The van der Waals surface area contributed by atoms with Gasteiger partial charge in [-0.05, 0) is 45.4 Å². The normalized spacial score (nSPS) is 17.1. The van der Waals surface area contributed by atoms with E-state index in [1.807, 2.05) is 12.9 Å². The number of nitrogens with zero attached hydrogens (tertiary/aromatic N) is 1. The Balaban J connectivity index is 0. The molecule has 0 aromatic carbocycles. The molecule has 0 bridgehead atoms. The second-order valence-electron chi connectivity index (χ2n) is 12.5. The van der Waals surface area contributed by atoms with Gasteiger partial charge in [0.1, 0.15) is 23.5 Å². The molecule has 2 heterocycles. The zero-order chi connectivity index (χ0) is 35.7. The first-order valence-corrected chi connectivity index (χ1v) is 18.6. The van der Waals surface area contributed by atoms with Crippen LogP contribution in [0.3, 0.4) is 0 Å². The average Bonchev–Trinajstić information content (AvgIpc) is 3.08. The molecule has 274 valence electrons. The Hall–Kier alpha value is -2.71. The van der Waals surface area contributed by atoms with Gasteiger partial charge in [-0.2, -0.15) is 0 Å². The lowest BCUT2D eigenvalue weighted by Crippen LogP contribution is -2.53. The highest BCUT2D eigenvalue weighted by atomic mass is 16.3. The number of fused-ring (bicyclic) bond motifs is 1. The minimum absolute atomic E-state index is 0.00197. The van der Waals surface area contributed by atoms with E-state index in [9.17, 15) is 24.0 Å². The number of carbonyl (C=O) groups is 4. The highest BCUT2D eigenvalue weighted by Gasteiger charge is 2.31. The Bertz CT molecular complexity index is 873. The van der Waals surface area contributed by atoms with Crippen molar-refractivity contribution >= 4 is 29.4 Å². The van der Waals surface area contributed by atoms with Gasteiger partial charge in [0.25, 0.3) is 0 Å². The van der Waals surface area contributed by atoms with Crippen LogP contribution in [0.2, 0.25) is 0 Å². The van der Waals surface area contributed by atoms with Crippen LogP contribution in [0.4, 0.5) is 0 Å². The van der Waals surface area contributed by atoms with Crippen LogP contribution < -0.4 is 16.0 Å². The number of ketones is 1. The summed E-state index contributed by atoms with van der Waals surface area (Å²) in [6, 6.07) is -0.501. The number of amides is 3. The largest absolute Gasteiger partial charge is 0.393 e. The molecule has 47 heavy (non-hydrogen) atoms. The zero-order valence-corrected chi connectivity index (χ0v) is 30.9. The number of rotatable bonds is 15. The van der Waals surface area contributed by atoms with Crippen molar-refractivity contribution in [1.29, 1.82) is 0 Å². The molecule has 3 amide bonds. The first-order valence-electron chi connectivity index (χ1n) is 18.6. The predicted molar refractivity (Wildman–Crippen MR) is 192 cm³/mol. The molecule has 0 aromatic rings. The third kappa shape index (κ3) is 28.1. The van der Waals surface area contributed by atoms with Crippen molar-refractivity contribution in [3.63, 3.8) is 0 Å². The van der Waals surface area contributed by atoms with Crippen LogP contribution in [0.5, 0.6) is 0 Å². The number of unbranched alkanes of at least 4 members (excludes halogenated alkanes) is 10. The minimum atomic E-state index is -0.501. The molecule has 4 N–H and O–H groups in total. The summed E-state index contributed by atoms with van der Waals surface area (Å²) < 4.78 is 0. The molecule has 2 unspecified atom stereocenters. The lowest BCUT2D eigenvalue weighted by molar-refractivity contribution is -0.130. The number of nitrogens with one attached hydrogen (secondary N) is 3. The Morgan fingerprint density at radius 3 is 1.83 bits per heavy atom. The van der Waals surface area contributed by atoms with Crippen LogP contribution in [0.15, 0.2) is 5.70 Å². The molecule has 0 spiro atoms. The summed E-state index contributed by atoms with van der Waals surface area (Å²) in [7, 11) is 0. The first-order chi connectivity index (χ1) is 22.6. The van der Waals surface area contributed by atoms with Gasteiger partial charge in [-0.15, -0.1) is 0 Å². The molecule has 10 heteroatoms. The van der Waals surface area contributed by atoms with Crippen molar-refractivity contribution in [2.75, 3.05) is 26.2 Å². The molecule has 0 radical (unpaired) electrons. The molecule has 2 saturated heterocycles. The fourth-order valence-electron chi connectivity index (χ4n) is 4.84. The maximum absolute atomic E-state index is 12.2. The van der Waals surface area contributed by atoms with E-state index < -0.39 is 17.9 Å². The summed E-state index contributed by atoms with van der Waals surface area (Å²) in [6.45, 7) is 12.7. The topological polar surface area (TPSA) is 145 Å². The number of piperidine rings is 1. The van der Waals surface area contributed by atoms with Crippen LogP contribution >= 0.6 is 0 Å². The van der Waals surface area contributed by atoms with Gasteiger partial charge in [-0.3, -0.25) is 14.4 Å². The van der Waals surface area contributed by atoms with Gasteiger partial charge in [0.05, 0.1) is 25.7 Å². The molecule has 2 rings (SSSR count). The summed E-state index contributed by atoms with van der Waals surface area (Å²) in [4.78, 5) is 58.6. The van der Waals surface area contributed by atoms with Crippen LogP contribution in [0.25, 0.3) is 0 Å². The second-order valence-corrected chi connectivity index (χ2v) is 12.5. The highest BCUT2D eigenvalue weighted by Crippen LogP contribution is 2.20. The molecule has 0 aromatic heterocycles. The van der Waals surface area contributed by atoms with E-state index in [-0.39, 0.29) is 37.3 Å². The van der Waals surface area contributed by atoms with Gasteiger partial charge in [-0.25, -0.2) is 4.79 Å². The molecule has 2 atom stereocenters. The smallest absolute Gasteiger partial charge is 0.243 e. The molecule has 0 saturated carbocycles. The summed E-state index contributed by atoms with van der Waals surface area (Å²) in [5.41, 5.74) is 0.259. The van der Waals surface area contributed by atoms with E-state index in [1.165, 1.54) is 77.0 Å². The predicted octanol–water partition coefficient (Wildman–Crippen LogP) is 6.17. The quantitative estimate of drug-likeness (QED) is 0.121. The molecule has 10 nitrogen and oxygen atoms in total. The van der Waals surface area contributed by atoms with E-state index in [0.29, 0.717) is 18.7 Å². The van der Waals surface area contributed by atoms with Crippen molar-refractivity contribution in [3.8, 4) is 0 Å². The van der Waals surface area contributed by atoms with Crippen LogP contribution in [-0.2, 0) is 24.0 Å². The molecule has 2 fully saturated rings. The fraction of sp³-hybridized carbons (Fsp3) is 0.838. The summed E-state index contributed by atoms with van der Waals surface area (Å²) in [5.74, 6) is 1.05. The van der Waals surface area contributed by atoms with E-state index in [4.69, 9.17) is 5.11 Å². The number of hydrogen-bond acceptors (Lipinski definition) is 7. The standard InChI is InChI=1S/C13H18N4O4.C12H24O.C8H18O.C4H10/c18-8-9-5-14-11(19)6-15-12(20)7-16-13(21)10-3-1-2-4-17(9)10;1-3-4-5-6-7-8-9-10-11-12(2)13;1-3-5-6-7-8(9)4-2;1-3-4-2/h10H,1-7H2,(H,14,19)(H,15,20)(H,16,21);3-11H2,1-2H3;8-9H,3-7H2,1-2H3;3-4H2,1-2H3. The Kier molecular flexibility index (Phi) is 32.8. The van der Waals surface area contributed by atoms with Crippen LogP contribution in [0.1, 0.15) is 164 Å². The second kappa shape index (κ2) is 33.2. The maximum Gasteiger partial charge on any atom is 0.243 e.